The van der Waals surface area contributed by atoms with Gasteiger partial charge in [-0.2, -0.15) is 4.98 Å². The summed E-state index contributed by atoms with van der Waals surface area (Å²) < 4.78 is 5.61. The molecular formula is C10H13ClN2O2. The maximum atomic E-state index is 9.61. The Morgan fingerprint density at radius 2 is 2.33 bits per heavy atom. The predicted molar refractivity (Wildman–Crippen MR) is 56.1 cm³/mol. The molecule has 1 aliphatic rings. The van der Waals surface area contributed by atoms with Crippen molar-refractivity contribution in [2.24, 2.45) is 0 Å². The Labute approximate surface area is 93.3 Å². The zero-order valence-corrected chi connectivity index (χ0v) is 9.24. The van der Waals surface area contributed by atoms with Gasteiger partial charge in [-0.3, -0.25) is 0 Å². The molecule has 82 valence electrons. The van der Waals surface area contributed by atoms with E-state index in [9.17, 15) is 5.11 Å². The first-order valence-corrected chi connectivity index (χ1v) is 5.38. The molecule has 1 saturated carbocycles. The molecule has 1 heterocycles. The molecule has 1 N–H and O–H groups in total. The van der Waals surface area contributed by atoms with Gasteiger partial charge in [0.05, 0.1) is 6.10 Å². The minimum absolute atomic E-state index is 0.158. The van der Waals surface area contributed by atoms with Gasteiger partial charge in [-0.25, -0.2) is 4.98 Å². The van der Waals surface area contributed by atoms with Crippen LogP contribution in [0.15, 0.2) is 6.20 Å². The van der Waals surface area contributed by atoms with Crippen molar-refractivity contribution in [1.29, 1.82) is 0 Å². The molecule has 0 aromatic carbocycles. The summed E-state index contributed by atoms with van der Waals surface area (Å²) in [6.45, 7) is 1.85. The van der Waals surface area contributed by atoms with Gasteiger partial charge in [0.25, 0.3) is 0 Å². The first kappa shape index (κ1) is 10.6. The van der Waals surface area contributed by atoms with E-state index >= 15 is 0 Å². The van der Waals surface area contributed by atoms with Crippen molar-refractivity contribution in [3.8, 4) is 5.88 Å². The molecule has 0 radical (unpaired) electrons. The van der Waals surface area contributed by atoms with Crippen LogP contribution < -0.4 is 4.74 Å². The van der Waals surface area contributed by atoms with E-state index < -0.39 is 6.10 Å². The molecule has 1 aliphatic carbocycles. The van der Waals surface area contributed by atoms with Crippen molar-refractivity contribution in [2.45, 2.75) is 38.4 Å². The maximum Gasteiger partial charge on any atom is 0.225 e. The van der Waals surface area contributed by atoms with E-state index in [1.54, 1.807) is 6.20 Å². The number of halogens is 1. The summed E-state index contributed by atoms with van der Waals surface area (Å²) >= 11 is 5.67. The van der Waals surface area contributed by atoms with Crippen LogP contribution in [-0.2, 0) is 0 Å². The molecule has 0 amide bonds. The number of nitrogens with zero attached hydrogens (tertiary/aromatic N) is 2. The molecule has 2 unspecified atom stereocenters. The average Bonchev–Trinajstić information content (AvgIpc) is 2.58. The Hall–Kier alpha value is -0.870. The fourth-order valence-corrected chi connectivity index (χ4v) is 1.84. The summed E-state index contributed by atoms with van der Waals surface area (Å²) in [6.07, 6.45) is 3.72. The van der Waals surface area contributed by atoms with Crippen LogP contribution >= 0.6 is 11.6 Å². The highest BCUT2D eigenvalue weighted by Crippen LogP contribution is 2.25. The van der Waals surface area contributed by atoms with Crippen molar-refractivity contribution >= 4 is 11.6 Å². The smallest absolute Gasteiger partial charge is 0.225 e. The molecule has 1 aromatic rings. The summed E-state index contributed by atoms with van der Waals surface area (Å²) in [4.78, 5) is 7.84. The fourth-order valence-electron chi connectivity index (χ4n) is 1.71. The van der Waals surface area contributed by atoms with Crippen LogP contribution in [-0.4, -0.2) is 27.3 Å². The minimum atomic E-state index is -0.391. The van der Waals surface area contributed by atoms with Crippen LogP contribution in [0.1, 0.15) is 24.8 Å². The largest absolute Gasteiger partial charge is 0.471 e. The third kappa shape index (κ3) is 2.38. The van der Waals surface area contributed by atoms with E-state index in [1.165, 1.54) is 0 Å². The topological polar surface area (TPSA) is 55.2 Å². The van der Waals surface area contributed by atoms with Gasteiger partial charge in [-0.1, -0.05) is 0 Å². The van der Waals surface area contributed by atoms with Crippen molar-refractivity contribution in [3.63, 3.8) is 0 Å². The number of aliphatic hydroxyl groups excluding tert-OH is 1. The lowest BCUT2D eigenvalue weighted by atomic mass is 10.2. The van der Waals surface area contributed by atoms with Gasteiger partial charge >= 0.3 is 0 Å². The maximum absolute atomic E-state index is 9.61. The summed E-state index contributed by atoms with van der Waals surface area (Å²) in [5.74, 6) is 0.473. The van der Waals surface area contributed by atoms with Crippen molar-refractivity contribution in [3.05, 3.63) is 17.0 Å². The first-order valence-electron chi connectivity index (χ1n) is 5.00. The molecule has 4 nitrogen and oxygen atoms in total. The van der Waals surface area contributed by atoms with Crippen LogP contribution in [0.3, 0.4) is 0 Å². The van der Waals surface area contributed by atoms with E-state index in [1.807, 2.05) is 6.92 Å². The summed E-state index contributed by atoms with van der Waals surface area (Å²) in [5.41, 5.74) is 0.832. The Kier molecular flexibility index (Phi) is 3.07. The van der Waals surface area contributed by atoms with Gasteiger partial charge in [0.1, 0.15) is 6.10 Å². The normalized spacial score (nSPS) is 25.5. The van der Waals surface area contributed by atoms with Gasteiger partial charge in [-0.15, -0.1) is 0 Å². The summed E-state index contributed by atoms with van der Waals surface area (Å²) in [7, 11) is 0. The van der Waals surface area contributed by atoms with Gasteiger partial charge < -0.3 is 9.84 Å². The molecule has 1 aromatic heterocycles. The molecule has 0 bridgehead atoms. The van der Waals surface area contributed by atoms with Gasteiger partial charge in [0.2, 0.25) is 11.2 Å². The number of aromatic nitrogens is 2. The molecule has 0 spiro atoms. The summed E-state index contributed by atoms with van der Waals surface area (Å²) in [6, 6.07) is 0. The highest BCUT2D eigenvalue weighted by Gasteiger charge is 2.27. The Morgan fingerprint density at radius 1 is 1.53 bits per heavy atom. The predicted octanol–water partition coefficient (Wildman–Crippen LogP) is 1.73. The molecule has 5 heteroatoms. The van der Waals surface area contributed by atoms with E-state index in [2.05, 4.69) is 9.97 Å². The zero-order chi connectivity index (χ0) is 10.8. The number of hydrogen-bond donors (Lipinski definition) is 1. The number of rotatable bonds is 2. The SMILES string of the molecule is Cc1cnc(Cl)nc1OC1CCCC1O. The second kappa shape index (κ2) is 4.33. The van der Waals surface area contributed by atoms with E-state index in [0.717, 1.165) is 24.8 Å². The highest BCUT2D eigenvalue weighted by atomic mass is 35.5. The van der Waals surface area contributed by atoms with Crippen molar-refractivity contribution in [2.75, 3.05) is 0 Å². The summed E-state index contributed by atoms with van der Waals surface area (Å²) in [5, 5.41) is 9.78. The molecule has 1 fully saturated rings. The van der Waals surface area contributed by atoms with Crippen LogP contribution in [0.25, 0.3) is 0 Å². The van der Waals surface area contributed by atoms with Crippen molar-refractivity contribution < 1.29 is 9.84 Å². The van der Waals surface area contributed by atoms with Gasteiger partial charge in [0, 0.05) is 11.8 Å². The van der Waals surface area contributed by atoms with Crippen LogP contribution in [0.4, 0.5) is 0 Å². The second-order valence-corrected chi connectivity index (χ2v) is 4.12. The minimum Gasteiger partial charge on any atom is -0.471 e. The Balaban J connectivity index is 2.12. The van der Waals surface area contributed by atoms with Crippen LogP contribution in [0.2, 0.25) is 5.28 Å². The third-order valence-electron chi connectivity index (χ3n) is 2.58. The van der Waals surface area contributed by atoms with Gasteiger partial charge in [0.15, 0.2) is 0 Å². The molecule has 0 saturated heterocycles. The van der Waals surface area contributed by atoms with Crippen LogP contribution in [0, 0.1) is 6.92 Å². The lowest BCUT2D eigenvalue weighted by Gasteiger charge is -2.17. The third-order valence-corrected chi connectivity index (χ3v) is 2.76. The lowest BCUT2D eigenvalue weighted by molar-refractivity contribution is 0.0568. The second-order valence-electron chi connectivity index (χ2n) is 3.78. The standard InChI is InChI=1S/C10H13ClN2O2/c1-6-5-12-10(11)13-9(6)15-8-4-2-3-7(8)14/h5,7-8,14H,2-4H2,1H3. The first-order chi connectivity index (χ1) is 7.16. The Morgan fingerprint density at radius 3 is 3.00 bits per heavy atom. The zero-order valence-electron chi connectivity index (χ0n) is 8.48. The van der Waals surface area contributed by atoms with Crippen molar-refractivity contribution in [1.82, 2.24) is 9.97 Å². The number of hydrogen-bond acceptors (Lipinski definition) is 4. The number of ether oxygens (including phenoxy) is 1. The molecule has 2 rings (SSSR count). The van der Waals surface area contributed by atoms with Gasteiger partial charge in [-0.05, 0) is 37.8 Å². The number of aryl methyl sites for hydroxylation is 1. The van der Waals surface area contributed by atoms with Crippen LogP contribution in [0.5, 0.6) is 5.88 Å². The molecule has 15 heavy (non-hydrogen) atoms. The quantitative estimate of drug-likeness (QED) is 0.784. The fraction of sp³-hybridized carbons (Fsp3) is 0.600. The lowest BCUT2D eigenvalue weighted by Crippen LogP contribution is -2.26. The number of aliphatic hydroxyl groups is 1. The molecular weight excluding hydrogens is 216 g/mol. The monoisotopic (exact) mass is 228 g/mol. The van der Waals surface area contributed by atoms with E-state index in [0.29, 0.717) is 5.88 Å². The average molecular weight is 229 g/mol. The molecule has 2 atom stereocenters. The Bertz CT molecular complexity index is 359. The van der Waals surface area contributed by atoms with E-state index in [-0.39, 0.29) is 11.4 Å². The highest BCUT2D eigenvalue weighted by molar-refractivity contribution is 6.28. The molecule has 0 aliphatic heterocycles. The van der Waals surface area contributed by atoms with E-state index in [4.69, 9.17) is 16.3 Å².